The molecule has 2 aromatic rings. The van der Waals surface area contributed by atoms with Gasteiger partial charge in [-0.2, -0.15) is 0 Å². The average Bonchev–Trinajstić information content (AvgIpc) is 2.75. The lowest BCUT2D eigenvalue weighted by molar-refractivity contribution is -0.117. The fraction of sp³-hybridized carbons (Fsp3) is 0.320. The second-order valence-electron chi connectivity index (χ2n) is 7.32. The molecular weight excluding hydrogens is 392 g/mol. The topological polar surface area (TPSA) is 79.2 Å². The Balaban J connectivity index is 2.27. The summed E-state index contributed by atoms with van der Waals surface area (Å²) in [6, 6.07) is 12.4. The van der Waals surface area contributed by atoms with E-state index in [1.54, 1.807) is 26.1 Å². The van der Waals surface area contributed by atoms with Crippen LogP contribution < -0.4 is 4.90 Å². The molecule has 0 fully saturated rings. The molecule has 0 heterocycles. The minimum Gasteiger partial charge on any atom is -0.507 e. The van der Waals surface area contributed by atoms with Gasteiger partial charge in [0.1, 0.15) is 5.75 Å². The standard InChI is InChI=1S/C25H30N2O4/c1-6-20-9-7-8-10-23(20)27(25(30)22-14-11-17(2)15-24(22)29)16-21(28)13-12-18(3)31-19(4)26-5/h7-11,14-15,29H,3,6,12-13,16H2,1-2,4-5H3. The average molecular weight is 423 g/mol. The van der Waals surface area contributed by atoms with Crippen molar-refractivity contribution in [3.8, 4) is 5.75 Å². The first-order valence-corrected chi connectivity index (χ1v) is 10.3. The number of aliphatic imine (C=N–C) groups is 1. The molecule has 0 radical (unpaired) electrons. The monoisotopic (exact) mass is 422 g/mol. The quantitative estimate of drug-likeness (QED) is 0.356. The van der Waals surface area contributed by atoms with Crippen LogP contribution in [0.1, 0.15) is 48.2 Å². The van der Waals surface area contributed by atoms with Gasteiger partial charge in [-0.25, -0.2) is 0 Å². The van der Waals surface area contributed by atoms with Gasteiger partial charge in [-0.05, 0) is 42.7 Å². The van der Waals surface area contributed by atoms with Gasteiger partial charge >= 0.3 is 0 Å². The largest absolute Gasteiger partial charge is 0.507 e. The number of amides is 1. The Morgan fingerprint density at radius 2 is 1.87 bits per heavy atom. The third-order valence-electron chi connectivity index (χ3n) is 4.92. The Morgan fingerprint density at radius 1 is 1.16 bits per heavy atom. The molecule has 0 aliphatic heterocycles. The maximum absolute atomic E-state index is 13.4. The maximum Gasteiger partial charge on any atom is 0.262 e. The molecule has 0 aliphatic carbocycles. The van der Waals surface area contributed by atoms with Crippen LogP contribution in [-0.2, 0) is 16.0 Å². The number of Topliss-reactive ketones (excluding diaryl/α,β-unsaturated/α-hetero) is 1. The molecule has 31 heavy (non-hydrogen) atoms. The Kier molecular flexibility index (Phi) is 8.55. The lowest BCUT2D eigenvalue weighted by Crippen LogP contribution is -2.36. The molecular formula is C25H30N2O4. The van der Waals surface area contributed by atoms with Crippen LogP contribution in [0.5, 0.6) is 5.75 Å². The summed E-state index contributed by atoms with van der Waals surface area (Å²) >= 11 is 0. The number of benzene rings is 2. The zero-order valence-electron chi connectivity index (χ0n) is 18.6. The van der Waals surface area contributed by atoms with E-state index in [0.29, 0.717) is 30.2 Å². The molecule has 6 heteroatoms. The highest BCUT2D eigenvalue weighted by molar-refractivity contribution is 6.10. The summed E-state index contributed by atoms with van der Waals surface area (Å²) < 4.78 is 5.41. The Labute approximate surface area is 183 Å². The van der Waals surface area contributed by atoms with Gasteiger partial charge in [0.2, 0.25) is 0 Å². The second-order valence-corrected chi connectivity index (χ2v) is 7.32. The fourth-order valence-electron chi connectivity index (χ4n) is 3.15. The first kappa shape index (κ1) is 23.9. The van der Waals surface area contributed by atoms with Crippen molar-refractivity contribution < 1.29 is 19.4 Å². The number of hydrogen-bond acceptors (Lipinski definition) is 5. The number of anilines is 1. The van der Waals surface area contributed by atoms with Crippen molar-refractivity contribution in [1.29, 1.82) is 0 Å². The zero-order valence-corrected chi connectivity index (χ0v) is 18.6. The summed E-state index contributed by atoms with van der Waals surface area (Å²) in [5.41, 5.74) is 2.60. The number of ether oxygens (including phenoxy) is 1. The number of allylic oxidation sites excluding steroid dienone is 1. The number of phenols is 1. The highest BCUT2D eigenvalue weighted by Crippen LogP contribution is 2.27. The van der Waals surface area contributed by atoms with Crippen molar-refractivity contribution in [3.05, 3.63) is 71.5 Å². The van der Waals surface area contributed by atoms with Crippen LogP contribution in [0.3, 0.4) is 0 Å². The molecule has 6 nitrogen and oxygen atoms in total. The van der Waals surface area contributed by atoms with Gasteiger partial charge in [0, 0.05) is 32.5 Å². The number of carbonyl (C=O) groups is 2. The minimum atomic E-state index is -0.421. The van der Waals surface area contributed by atoms with E-state index in [1.165, 1.54) is 11.0 Å². The van der Waals surface area contributed by atoms with Crippen LogP contribution in [-0.4, -0.2) is 36.3 Å². The van der Waals surface area contributed by atoms with Crippen molar-refractivity contribution in [1.82, 2.24) is 0 Å². The van der Waals surface area contributed by atoms with E-state index in [0.717, 1.165) is 11.1 Å². The van der Waals surface area contributed by atoms with Crippen LogP contribution in [0, 0.1) is 6.92 Å². The smallest absolute Gasteiger partial charge is 0.262 e. The molecule has 0 bridgehead atoms. The Morgan fingerprint density at radius 3 is 2.52 bits per heavy atom. The highest BCUT2D eigenvalue weighted by atomic mass is 16.5. The summed E-state index contributed by atoms with van der Waals surface area (Å²) in [7, 11) is 1.61. The Bertz CT molecular complexity index is 995. The predicted molar refractivity (Wildman–Crippen MR) is 124 cm³/mol. The molecule has 2 rings (SSSR count). The van der Waals surface area contributed by atoms with Crippen LogP contribution in [0.2, 0.25) is 0 Å². The molecule has 0 unspecified atom stereocenters. The number of aromatic hydroxyl groups is 1. The normalized spacial score (nSPS) is 11.2. The molecule has 0 spiro atoms. The molecule has 2 aromatic carbocycles. The van der Waals surface area contributed by atoms with Gasteiger partial charge in [0.05, 0.1) is 17.9 Å². The van der Waals surface area contributed by atoms with Gasteiger partial charge in [-0.15, -0.1) is 0 Å². The zero-order chi connectivity index (χ0) is 23.0. The molecule has 0 aromatic heterocycles. The van der Waals surface area contributed by atoms with Crippen molar-refractivity contribution in [3.63, 3.8) is 0 Å². The predicted octanol–water partition coefficient (Wildman–Crippen LogP) is 4.84. The van der Waals surface area contributed by atoms with E-state index in [4.69, 9.17) is 4.74 Å². The lowest BCUT2D eigenvalue weighted by Gasteiger charge is -2.25. The van der Waals surface area contributed by atoms with Gasteiger partial charge in [-0.3, -0.25) is 14.6 Å². The summed E-state index contributed by atoms with van der Waals surface area (Å²) in [5, 5.41) is 10.3. The van der Waals surface area contributed by atoms with Crippen molar-refractivity contribution in [2.45, 2.75) is 40.0 Å². The first-order valence-electron chi connectivity index (χ1n) is 10.3. The van der Waals surface area contributed by atoms with Gasteiger partial charge < -0.3 is 14.7 Å². The molecule has 0 saturated carbocycles. The lowest BCUT2D eigenvalue weighted by atomic mass is 10.1. The van der Waals surface area contributed by atoms with E-state index in [-0.39, 0.29) is 30.1 Å². The molecule has 0 saturated heterocycles. The van der Waals surface area contributed by atoms with Gasteiger partial charge in [-0.1, -0.05) is 37.8 Å². The maximum atomic E-state index is 13.4. The molecule has 0 aliphatic rings. The van der Waals surface area contributed by atoms with E-state index in [9.17, 15) is 14.7 Å². The molecule has 1 N–H and O–H groups in total. The number of hydrogen-bond donors (Lipinski definition) is 1. The molecule has 1 amide bonds. The summed E-state index contributed by atoms with van der Waals surface area (Å²) in [4.78, 5) is 31.5. The first-order chi connectivity index (χ1) is 14.8. The van der Waals surface area contributed by atoms with Gasteiger partial charge in [0.15, 0.2) is 11.7 Å². The Hall–Kier alpha value is -3.41. The summed E-state index contributed by atoms with van der Waals surface area (Å²) in [6.45, 7) is 9.24. The number of rotatable bonds is 9. The van der Waals surface area contributed by atoms with Gasteiger partial charge in [0.25, 0.3) is 5.91 Å². The van der Waals surface area contributed by atoms with E-state index in [2.05, 4.69) is 11.6 Å². The number of phenolic OH excluding ortho intramolecular Hbond substituents is 1. The molecule has 0 atom stereocenters. The van der Waals surface area contributed by atoms with Crippen molar-refractivity contribution in [2.24, 2.45) is 4.99 Å². The third kappa shape index (κ3) is 6.54. The summed E-state index contributed by atoms with van der Waals surface area (Å²) in [5.74, 6) is 0.255. The number of carbonyl (C=O) groups excluding carboxylic acids is 2. The van der Waals surface area contributed by atoms with E-state index >= 15 is 0 Å². The number of nitrogens with zero attached hydrogens (tertiary/aromatic N) is 2. The van der Waals surface area contributed by atoms with Crippen LogP contribution in [0.25, 0.3) is 0 Å². The fourth-order valence-corrected chi connectivity index (χ4v) is 3.15. The van der Waals surface area contributed by atoms with Crippen LogP contribution >= 0.6 is 0 Å². The number of para-hydroxylation sites is 1. The molecule has 164 valence electrons. The van der Waals surface area contributed by atoms with Crippen molar-refractivity contribution in [2.75, 3.05) is 18.5 Å². The third-order valence-corrected chi connectivity index (χ3v) is 4.92. The minimum absolute atomic E-state index is 0.104. The number of ketones is 1. The van der Waals surface area contributed by atoms with Crippen LogP contribution in [0.4, 0.5) is 5.69 Å². The summed E-state index contributed by atoms with van der Waals surface area (Å²) in [6.07, 6.45) is 1.21. The van der Waals surface area contributed by atoms with E-state index in [1.807, 2.05) is 38.1 Å². The number of aryl methyl sites for hydroxylation is 2. The SMILES string of the molecule is C=C(CCC(=O)CN(C(=O)c1ccc(C)cc1O)c1ccccc1CC)OC(C)=NC. The second kappa shape index (κ2) is 11.1. The van der Waals surface area contributed by atoms with Crippen LogP contribution in [0.15, 0.2) is 59.8 Å². The van der Waals surface area contributed by atoms with E-state index < -0.39 is 5.91 Å². The van der Waals surface area contributed by atoms with Crippen molar-refractivity contribution >= 4 is 23.3 Å². The highest BCUT2D eigenvalue weighted by Gasteiger charge is 2.24.